The standard InChI is InChI=1S/C22H30ClN3O2/c1-4-28-21(27)22(14-17-7-5-6-8-19(17)23)9-11-26(12-10-22)15-18-13-20(16(2)3)25-24-18/h5-8,13,16H,4,9-12,14-15H2,1-3H3,(H,24,25). The topological polar surface area (TPSA) is 58.2 Å². The number of hydrogen-bond acceptors (Lipinski definition) is 4. The number of benzene rings is 1. The molecule has 1 aliphatic rings. The summed E-state index contributed by atoms with van der Waals surface area (Å²) >= 11 is 6.38. The molecule has 1 saturated heterocycles. The molecular formula is C22H30ClN3O2. The minimum absolute atomic E-state index is 0.0989. The smallest absolute Gasteiger partial charge is 0.312 e. The van der Waals surface area contributed by atoms with Gasteiger partial charge in [0.1, 0.15) is 0 Å². The average Bonchev–Trinajstić information content (AvgIpc) is 3.14. The number of halogens is 1. The van der Waals surface area contributed by atoms with Crippen LogP contribution in [0, 0.1) is 5.41 Å². The molecule has 28 heavy (non-hydrogen) atoms. The van der Waals surface area contributed by atoms with Crippen molar-refractivity contribution in [3.05, 3.63) is 52.3 Å². The monoisotopic (exact) mass is 403 g/mol. The first-order valence-corrected chi connectivity index (χ1v) is 10.5. The van der Waals surface area contributed by atoms with Crippen molar-refractivity contribution in [1.29, 1.82) is 0 Å². The van der Waals surface area contributed by atoms with Crippen molar-refractivity contribution in [3.63, 3.8) is 0 Å². The molecule has 1 aromatic heterocycles. The van der Waals surface area contributed by atoms with Gasteiger partial charge in [-0.05, 0) is 62.9 Å². The molecule has 1 N–H and O–H groups in total. The van der Waals surface area contributed by atoms with Crippen LogP contribution in [-0.2, 0) is 22.5 Å². The predicted octanol–water partition coefficient (Wildman–Crippen LogP) is 4.57. The maximum atomic E-state index is 12.9. The van der Waals surface area contributed by atoms with Crippen LogP contribution in [0.1, 0.15) is 56.5 Å². The van der Waals surface area contributed by atoms with E-state index in [2.05, 4.69) is 35.0 Å². The number of aromatic nitrogens is 2. The summed E-state index contributed by atoms with van der Waals surface area (Å²) in [5.41, 5.74) is 2.72. The van der Waals surface area contributed by atoms with Crippen molar-refractivity contribution in [1.82, 2.24) is 15.1 Å². The number of hydrogen-bond donors (Lipinski definition) is 1. The summed E-state index contributed by atoms with van der Waals surface area (Å²) in [4.78, 5) is 15.3. The number of esters is 1. The van der Waals surface area contributed by atoms with Gasteiger partial charge in [-0.2, -0.15) is 5.10 Å². The molecule has 0 saturated carbocycles. The summed E-state index contributed by atoms with van der Waals surface area (Å²) in [7, 11) is 0. The Morgan fingerprint density at radius 2 is 2.04 bits per heavy atom. The molecule has 0 spiro atoms. The number of carbonyl (C=O) groups is 1. The number of carbonyl (C=O) groups excluding carboxylic acids is 1. The molecule has 2 aromatic rings. The molecule has 0 unspecified atom stereocenters. The minimum Gasteiger partial charge on any atom is -0.466 e. The Kier molecular flexibility index (Phi) is 6.78. The van der Waals surface area contributed by atoms with Crippen LogP contribution in [0.25, 0.3) is 0 Å². The maximum Gasteiger partial charge on any atom is 0.312 e. The maximum absolute atomic E-state index is 12.9. The molecule has 2 heterocycles. The number of nitrogens with zero attached hydrogens (tertiary/aromatic N) is 2. The number of ether oxygens (including phenoxy) is 1. The molecule has 1 fully saturated rings. The van der Waals surface area contributed by atoms with Crippen molar-refractivity contribution in [2.24, 2.45) is 5.41 Å². The van der Waals surface area contributed by atoms with E-state index in [-0.39, 0.29) is 5.97 Å². The van der Waals surface area contributed by atoms with Crippen molar-refractivity contribution < 1.29 is 9.53 Å². The second-order valence-electron chi connectivity index (χ2n) is 8.02. The Bertz CT molecular complexity index is 795. The van der Waals surface area contributed by atoms with Gasteiger partial charge in [0.25, 0.3) is 0 Å². The molecular weight excluding hydrogens is 374 g/mol. The van der Waals surface area contributed by atoms with Gasteiger partial charge in [-0.3, -0.25) is 14.8 Å². The van der Waals surface area contributed by atoms with Crippen molar-refractivity contribution >= 4 is 17.6 Å². The molecule has 0 aliphatic carbocycles. The van der Waals surface area contributed by atoms with Gasteiger partial charge in [0.15, 0.2) is 0 Å². The highest BCUT2D eigenvalue weighted by atomic mass is 35.5. The lowest BCUT2D eigenvalue weighted by Gasteiger charge is -2.40. The third kappa shape index (κ3) is 4.76. The van der Waals surface area contributed by atoms with Gasteiger partial charge in [-0.15, -0.1) is 0 Å². The predicted molar refractivity (Wildman–Crippen MR) is 111 cm³/mol. The lowest BCUT2D eigenvalue weighted by Crippen LogP contribution is -2.46. The van der Waals surface area contributed by atoms with Gasteiger partial charge in [-0.25, -0.2) is 0 Å². The highest BCUT2D eigenvalue weighted by molar-refractivity contribution is 6.31. The van der Waals surface area contributed by atoms with E-state index < -0.39 is 5.41 Å². The molecule has 0 atom stereocenters. The molecule has 0 bridgehead atoms. The van der Waals surface area contributed by atoms with Gasteiger partial charge in [0.05, 0.1) is 17.7 Å². The SMILES string of the molecule is CCOC(=O)C1(Cc2ccccc2Cl)CCN(Cc2cc(C(C)C)n[nH]2)CC1. The quantitative estimate of drug-likeness (QED) is 0.687. The van der Waals surface area contributed by atoms with Gasteiger partial charge < -0.3 is 4.74 Å². The normalized spacial score (nSPS) is 17.0. The fraction of sp³-hybridized carbons (Fsp3) is 0.545. The Balaban J connectivity index is 1.69. The largest absolute Gasteiger partial charge is 0.466 e. The highest BCUT2D eigenvalue weighted by Gasteiger charge is 2.43. The Labute approximate surface area is 172 Å². The number of rotatable bonds is 7. The molecule has 5 nitrogen and oxygen atoms in total. The van der Waals surface area contributed by atoms with E-state index in [1.807, 2.05) is 31.2 Å². The number of piperidine rings is 1. The van der Waals surface area contributed by atoms with Crippen LogP contribution < -0.4 is 0 Å². The van der Waals surface area contributed by atoms with E-state index in [9.17, 15) is 4.79 Å². The van der Waals surface area contributed by atoms with E-state index in [1.54, 1.807) is 0 Å². The molecule has 1 aliphatic heterocycles. The summed E-state index contributed by atoms with van der Waals surface area (Å²) in [6, 6.07) is 9.92. The van der Waals surface area contributed by atoms with Crippen LogP contribution in [-0.4, -0.2) is 40.8 Å². The third-order valence-electron chi connectivity index (χ3n) is 5.64. The molecule has 0 amide bonds. The minimum atomic E-state index is -0.505. The first-order valence-electron chi connectivity index (χ1n) is 10.1. The van der Waals surface area contributed by atoms with Gasteiger partial charge in [0.2, 0.25) is 0 Å². The number of H-pyrrole nitrogens is 1. The fourth-order valence-corrected chi connectivity index (χ4v) is 4.08. The number of nitrogens with one attached hydrogen (secondary N) is 1. The van der Waals surface area contributed by atoms with Crippen molar-refractivity contribution in [3.8, 4) is 0 Å². The zero-order valence-corrected chi connectivity index (χ0v) is 17.8. The Hall–Kier alpha value is -1.85. The first-order chi connectivity index (χ1) is 13.4. The van der Waals surface area contributed by atoms with Gasteiger partial charge in [-0.1, -0.05) is 43.6 Å². The van der Waals surface area contributed by atoms with Crippen LogP contribution in [0.5, 0.6) is 0 Å². The Morgan fingerprint density at radius 1 is 1.32 bits per heavy atom. The van der Waals surface area contributed by atoms with Crippen LogP contribution in [0.3, 0.4) is 0 Å². The van der Waals surface area contributed by atoms with E-state index in [4.69, 9.17) is 16.3 Å². The Morgan fingerprint density at radius 3 is 2.64 bits per heavy atom. The second kappa shape index (κ2) is 9.10. The van der Waals surface area contributed by atoms with Crippen LogP contribution in [0.15, 0.2) is 30.3 Å². The van der Waals surface area contributed by atoms with Gasteiger partial charge >= 0.3 is 5.97 Å². The fourth-order valence-electron chi connectivity index (χ4n) is 3.88. The lowest BCUT2D eigenvalue weighted by molar-refractivity contribution is -0.158. The van der Waals surface area contributed by atoms with Crippen molar-refractivity contribution in [2.45, 2.75) is 52.5 Å². The highest BCUT2D eigenvalue weighted by Crippen LogP contribution is 2.38. The lowest BCUT2D eigenvalue weighted by atomic mass is 9.73. The van der Waals surface area contributed by atoms with Gasteiger partial charge in [0, 0.05) is 17.3 Å². The van der Waals surface area contributed by atoms with Crippen LogP contribution in [0.4, 0.5) is 0 Å². The number of aromatic amines is 1. The van der Waals surface area contributed by atoms with E-state index in [0.29, 0.717) is 24.0 Å². The summed E-state index contributed by atoms with van der Waals surface area (Å²) in [6.07, 6.45) is 2.16. The molecule has 6 heteroatoms. The van der Waals surface area contributed by atoms with Crippen LogP contribution >= 0.6 is 11.6 Å². The molecule has 152 valence electrons. The first kappa shape index (κ1) is 20.9. The molecule has 3 rings (SSSR count). The van der Waals surface area contributed by atoms with E-state index >= 15 is 0 Å². The summed E-state index contributed by atoms with van der Waals surface area (Å²) in [6.45, 7) is 9.07. The van der Waals surface area contributed by atoms with Crippen molar-refractivity contribution in [2.75, 3.05) is 19.7 Å². The molecule has 1 aromatic carbocycles. The third-order valence-corrected chi connectivity index (χ3v) is 6.01. The van der Waals surface area contributed by atoms with Crippen LogP contribution in [0.2, 0.25) is 5.02 Å². The average molecular weight is 404 g/mol. The zero-order valence-electron chi connectivity index (χ0n) is 17.0. The van der Waals surface area contributed by atoms with E-state index in [1.165, 1.54) is 0 Å². The summed E-state index contributed by atoms with van der Waals surface area (Å²) in [5.74, 6) is 0.316. The number of likely N-dealkylation sites (tertiary alicyclic amines) is 1. The zero-order chi connectivity index (χ0) is 20.1. The second-order valence-corrected chi connectivity index (χ2v) is 8.43. The van der Waals surface area contributed by atoms with E-state index in [0.717, 1.165) is 49.4 Å². The summed E-state index contributed by atoms with van der Waals surface area (Å²) < 4.78 is 5.46. The summed E-state index contributed by atoms with van der Waals surface area (Å²) in [5, 5.41) is 8.25. The molecule has 0 radical (unpaired) electrons.